The van der Waals surface area contributed by atoms with Crippen LogP contribution in [0.1, 0.15) is 71.3 Å². The van der Waals surface area contributed by atoms with Gasteiger partial charge in [0.25, 0.3) is 5.91 Å². The van der Waals surface area contributed by atoms with E-state index in [1.165, 1.54) is 23.9 Å². The maximum absolute atomic E-state index is 14.4. The Morgan fingerprint density at radius 1 is 0.713 bits per heavy atom. The third-order valence-electron chi connectivity index (χ3n) is 16.7. The summed E-state index contributed by atoms with van der Waals surface area (Å²) in [7, 11) is 6.97. The molecule has 8 aromatic rings. The minimum atomic E-state index is -1.03. The number of anilines is 4. The third-order valence-corrected chi connectivity index (χ3v) is 17.0. The number of rotatable bonds is 26. The number of hydrogen-bond acceptors (Lipinski definition) is 14. The van der Waals surface area contributed by atoms with Gasteiger partial charge in [-0.2, -0.15) is 0 Å². The molecule has 0 saturated heterocycles. The van der Waals surface area contributed by atoms with Crippen LogP contribution in [0.2, 0.25) is 0 Å². The number of urea groups is 1. The summed E-state index contributed by atoms with van der Waals surface area (Å²) < 4.78 is 29.7. The van der Waals surface area contributed by atoms with E-state index < -0.39 is 54.1 Å². The fourth-order valence-corrected chi connectivity index (χ4v) is 12.0. The Bertz CT molecular complexity index is 4040. The monoisotopic (exact) mass is 1300 g/mol. The van der Waals surface area contributed by atoms with E-state index in [0.717, 1.165) is 39.7 Å². The predicted molar refractivity (Wildman–Crippen MR) is 362 cm³/mol. The van der Waals surface area contributed by atoms with Gasteiger partial charge in [-0.05, 0) is 120 Å². The van der Waals surface area contributed by atoms with Crippen molar-refractivity contribution in [2.75, 3.05) is 100 Å². The molecule has 23 heteroatoms. The van der Waals surface area contributed by atoms with E-state index >= 15 is 0 Å². The zero-order chi connectivity index (χ0) is 66.6. The van der Waals surface area contributed by atoms with Crippen LogP contribution in [0.4, 0.5) is 41.9 Å². The van der Waals surface area contributed by atoms with Gasteiger partial charge >= 0.3 is 24.3 Å². The Balaban J connectivity index is 0.732. The number of carbonyl (C=O) groups is 7. The largest absolute Gasteiger partial charge is 0.492 e. The van der Waals surface area contributed by atoms with E-state index in [0.29, 0.717) is 63.4 Å². The smallest absolute Gasteiger partial charge is 0.419 e. The Morgan fingerprint density at radius 3 is 2.04 bits per heavy atom. The Morgan fingerprint density at radius 2 is 1.37 bits per heavy atom. The molecule has 1 aliphatic carbocycles. The molecule has 0 saturated carbocycles. The number of carbonyl (C=O) groups excluding carboxylic acids is 7. The second-order valence-corrected chi connectivity index (χ2v) is 24.0. The van der Waals surface area contributed by atoms with Crippen molar-refractivity contribution in [1.29, 1.82) is 0 Å². The molecular weight excluding hydrogens is 1220 g/mol. The van der Waals surface area contributed by atoms with Gasteiger partial charge in [0.05, 0.1) is 23.1 Å². The molecular formula is C71H77ClN10O12. The number of alkyl halides is 1. The number of nitrogens with one attached hydrogen (secondary N) is 5. The normalized spacial score (nSPS) is 13.8. The van der Waals surface area contributed by atoms with Crippen molar-refractivity contribution in [3.05, 3.63) is 180 Å². The van der Waals surface area contributed by atoms with Crippen LogP contribution in [-0.2, 0) is 25.7 Å². The van der Waals surface area contributed by atoms with Gasteiger partial charge in [0.2, 0.25) is 11.8 Å². The number of para-hydroxylation sites is 2. The molecule has 1 aromatic heterocycles. The highest BCUT2D eigenvalue weighted by Gasteiger charge is 2.37. The van der Waals surface area contributed by atoms with Gasteiger partial charge < -0.3 is 65.5 Å². The average molecular weight is 1300 g/mol. The van der Waals surface area contributed by atoms with Crippen molar-refractivity contribution in [2.24, 2.45) is 11.7 Å². The quantitative estimate of drug-likeness (QED) is 0.0217. The first kappa shape index (κ1) is 66.8. The number of halogens is 1. The van der Waals surface area contributed by atoms with Crippen molar-refractivity contribution in [3.63, 3.8) is 0 Å². The SMILES string of the molecule is CC(C)[C@H](NCCNC(=O)OCC1c2ccccc2-c2ccccc21)C(=O)N[C@@H](CCCNC(N)=O)C(=O)Nc1ccc(COC(=O)N(C)c2ccccc2N(C)C(=O)Oc2cc3c(c4ccccc24)[C@H](CCl)CN3C(=O)c2cc3cc(OCCN(C)C)ccc3o2)cc1. The minimum absolute atomic E-state index is 0.0945. The van der Waals surface area contributed by atoms with Crippen LogP contribution >= 0.6 is 11.6 Å². The molecule has 0 unspecified atom stereocenters. The molecule has 490 valence electrons. The number of nitrogens with two attached hydrogens (primary N) is 1. The van der Waals surface area contributed by atoms with Crippen molar-refractivity contribution in [1.82, 2.24) is 26.2 Å². The number of primary amides is 1. The minimum Gasteiger partial charge on any atom is -0.492 e. The van der Waals surface area contributed by atoms with Crippen molar-refractivity contribution in [2.45, 2.75) is 57.2 Å². The number of nitrogens with zero attached hydrogens (tertiary/aromatic N) is 4. The van der Waals surface area contributed by atoms with E-state index in [2.05, 4.69) is 38.7 Å². The molecule has 7 aromatic carbocycles. The van der Waals surface area contributed by atoms with E-state index in [1.54, 1.807) is 77.7 Å². The zero-order valence-corrected chi connectivity index (χ0v) is 54.0. The molecule has 0 radical (unpaired) electrons. The van der Waals surface area contributed by atoms with Gasteiger partial charge in [-0.1, -0.05) is 111 Å². The van der Waals surface area contributed by atoms with Crippen molar-refractivity contribution >= 4 is 98.1 Å². The standard InChI is InChI=1S/C71H77ClN10O12/c1-43(2)64(74-32-33-76-69(87)91-42-55-51-18-9-7-16-49(51)50-17-8-10-19-52(50)55)66(84)78-56(22-15-31-75-68(73)86)65(83)77-47-27-25-44(26-28-47)41-92-70(88)80(5)57-23-13-14-24-58(57)81(6)71(89)94-61-38-59-63(54-21-12-11-20-53(54)61)46(39-72)40-82(59)67(85)62-37-45-36-48(29-30-60(45)93-62)90-35-34-79(3)4/h7-14,16-21,23-30,36-38,43,46,55-56,64,74H,15,22,31-35,39-42H2,1-6H3,(H,76,87)(H,77,83)(H,78,84)(H3,73,75,86)/t46-,56+,64+/m1/s1. The Hall–Kier alpha value is -10.2. The van der Waals surface area contributed by atoms with Crippen LogP contribution in [0, 0.1) is 5.92 Å². The van der Waals surface area contributed by atoms with Crippen LogP contribution in [-0.4, -0.2) is 139 Å². The topological polar surface area (TPSA) is 269 Å². The summed E-state index contributed by atoms with van der Waals surface area (Å²) in [5, 5.41) is 16.3. The maximum atomic E-state index is 14.4. The molecule has 0 fully saturated rings. The Kier molecular flexibility index (Phi) is 21.7. The lowest BCUT2D eigenvalue weighted by atomic mass is 9.95. The Labute approximate surface area is 549 Å². The lowest BCUT2D eigenvalue weighted by Crippen LogP contribution is -2.54. The molecule has 3 atom stereocenters. The molecule has 0 spiro atoms. The van der Waals surface area contributed by atoms with Crippen LogP contribution in [0.3, 0.4) is 0 Å². The van der Waals surface area contributed by atoms with Crippen molar-refractivity contribution < 1.29 is 56.9 Å². The summed E-state index contributed by atoms with van der Waals surface area (Å²) in [5.74, 6) is -0.718. The summed E-state index contributed by atoms with van der Waals surface area (Å²) in [6.45, 7) is 5.75. The predicted octanol–water partition coefficient (Wildman–Crippen LogP) is 10.9. The first-order chi connectivity index (χ1) is 45.4. The highest BCUT2D eigenvalue weighted by atomic mass is 35.5. The summed E-state index contributed by atoms with van der Waals surface area (Å²) in [4.78, 5) is 101. The first-order valence-corrected chi connectivity index (χ1v) is 31.7. The molecule has 22 nitrogen and oxygen atoms in total. The van der Waals surface area contributed by atoms with Crippen LogP contribution in [0.25, 0.3) is 32.9 Å². The number of fused-ring (bicyclic) bond motifs is 7. The number of likely N-dealkylation sites (N-methyl/N-ethyl adjacent to an activating group) is 1. The van der Waals surface area contributed by atoms with Gasteiger partial charge in [0, 0.05) is 87.1 Å². The van der Waals surface area contributed by atoms with Gasteiger partial charge in [-0.3, -0.25) is 24.2 Å². The molecule has 8 amide bonds. The molecule has 2 aliphatic rings. The molecule has 1 aliphatic heterocycles. The fourth-order valence-electron chi connectivity index (χ4n) is 11.8. The third kappa shape index (κ3) is 15.7. The summed E-state index contributed by atoms with van der Waals surface area (Å²) in [6.07, 6.45) is -1.64. The number of ether oxygens (including phenoxy) is 4. The average Bonchev–Trinajstić information content (AvgIpc) is 1.56. The van der Waals surface area contributed by atoms with E-state index in [9.17, 15) is 33.6 Å². The lowest BCUT2D eigenvalue weighted by molar-refractivity contribution is -0.128. The van der Waals surface area contributed by atoms with Crippen molar-refractivity contribution in [3.8, 4) is 22.6 Å². The number of hydrogen-bond donors (Lipinski definition) is 6. The molecule has 0 bridgehead atoms. The summed E-state index contributed by atoms with van der Waals surface area (Å²) >= 11 is 6.61. The maximum Gasteiger partial charge on any atom is 0.419 e. The van der Waals surface area contributed by atoms with E-state index in [1.807, 2.05) is 99.6 Å². The summed E-state index contributed by atoms with van der Waals surface area (Å²) in [6, 6.07) is 43.3. The molecule has 2 heterocycles. The van der Waals surface area contributed by atoms with E-state index in [4.69, 9.17) is 40.7 Å². The number of alkyl carbamates (subject to hydrolysis) is 1. The molecule has 94 heavy (non-hydrogen) atoms. The van der Waals surface area contributed by atoms with Crippen LogP contribution in [0.5, 0.6) is 11.5 Å². The van der Waals surface area contributed by atoms with Gasteiger partial charge in [0.15, 0.2) is 5.76 Å². The number of amides is 8. The van der Waals surface area contributed by atoms with E-state index in [-0.39, 0.29) is 81.0 Å². The molecule has 7 N–H and O–H groups in total. The number of benzene rings is 7. The van der Waals surface area contributed by atoms with Crippen LogP contribution < -0.4 is 56.5 Å². The van der Waals surface area contributed by atoms with Gasteiger partial charge in [-0.25, -0.2) is 19.2 Å². The van der Waals surface area contributed by atoms with Gasteiger partial charge in [-0.15, -0.1) is 11.6 Å². The second kappa shape index (κ2) is 30.5. The highest BCUT2D eigenvalue weighted by molar-refractivity contribution is 6.19. The lowest BCUT2D eigenvalue weighted by Gasteiger charge is -2.25. The first-order valence-electron chi connectivity index (χ1n) is 31.1. The second-order valence-electron chi connectivity index (χ2n) is 23.7. The zero-order valence-electron chi connectivity index (χ0n) is 53.2. The van der Waals surface area contributed by atoms with Crippen LogP contribution in [0.15, 0.2) is 156 Å². The summed E-state index contributed by atoms with van der Waals surface area (Å²) in [5.41, 5.74) is 13.2. The highest BCUT2D eigenvalue weighted by Crippen LogP contribution is 2.47. The molecule has 10 rings (SSSR count). The van der Waals surface area contributed by atoms with Gasteiger partial charge in [0.1, 0.15) is 42.9 Å². The fraction of sp³-hybridized carbons (Fsp3) is 0.310. The number of furan rings is 1.